The van der Waals surface area contributed by atoms with E-state index in [0.717, 1.165) is 35.5 Å². The largest absolute Gasteiger partial charge is 0.326 e. The summed E-state index contributed by atoms with van der Waals surface area (Å²) in [4.78, 5) is 25.6. The second-order valence-corrected chi connectivity index (χ2v) is 5.72. The summed E-state index contributed by atoms with van der Waals surface area (Å²) in [6, 6.07) is 5.63. The van der Waals surface area contributed by atoms with E-state index in [0.29, 0.717) is 13.0 Å². The van der Waals surface area contributed by atoms with Gasteiger partial charge in [-0.25, -0.2) is 0 Å². The van der Waals surface area contributed by atoms with Crippen molar-refractivity contribution < 1.29 is 9.59 Å². The van der Waals surface area contributed by atoms with Crippen molar-refractivity contribution in [3.8, 4) is 0 Å². The number of benzene rings is 1. The standard InChI is InChI=1S/C17H19N5O2/c1-3-17(24)22(11-14-10-18-20-21(14)2)13-7-8-15-12(9-13)5-4-6-16(23)19-15/h3,7-10H,1,4-6,11H2,2H3,(H,19,23). The number of nitrogens with zero attached hydrogens (tertiary/aromatic N) is 4. The summed E-state index contributed by atoms with van der Waals surface area (Å²) in [7, 11) is 1.78. The molecule has 0 aliphatic carbocycles. The average Bonchev–Trinajstić information content (AvgIpc) is 2.88. The lowest BCUT2D eigenvalue weighted by atomic mass is 10.1. The van der Waals surface area contributed by atoms with Crippen LogP contribution in [0.25, 0.3) is 0 Å². The number of amides is 2. The number of fused-ring (bicyclic) bond motifs is 1. The summed E-state index contributed by atoms with van der Waals surface area (Å²) in [5, 5.41) is 10.6. The second kappa shape index (κ2) is 6.66. The third kappa shape index (κ3) is 3.19. The van der Waals surface area contributed by atoms with Crippen LogP contribution in [0.15, 0.2) is 37.1 Å². The summed E-state index contributed by atoms with van der Waals surface area (Å²) in [6.45, 7) is 3.93. The number of nitrogens with one attached hydrogen (secondary N) is 1. The van der Waals surface area contributed by atoms with Gasteiger partial charge in [-0.05, 0) is 42.7 Å². The van der Waals surface area contributed by atoms with Gasteiger partial charge in [0.05, 0.1) is 18.4 Å². The SMILES string of the molecule is C=CC(=O)N(Cc1cnnn1C)c1ccc2c(c1)CCCC(=O)N2. The molecule has 7 heteroatoms. The van der Waals surface area contributed by atoms with E-state index in [1.807, 2.05) is 18.2 Å². The fraction of sp³-hybridized carbons (Fsp3) is 0.294. The van der Waals surface area contributed by atoms with Gasteiger partial charge in [0.15, 0.2) is 0 Å². The van der Waals surface area contributed by atoms with E-state index < -0.39 is 0 Å². The molecule has 0 fully saturated rings. The van der Waals surface area contributed by atoms with Gasteiger partial charge in [0.25, 0.3) is 5.91 Å². The third-order valence-corrected chi connectivity index (χ3v) is 4.09. The summed E-state index contributed by atoms with van der Waals surface area (Å²) < 4.78 is 1.63. The number of anilines is 2. The lowest BCUT2D eigenvalue weighted by molar-refractivity contribution is -0.116. The van der Waals surface area contributed by atoms with Crippen LogP contribution in [-0.4, -0.2) is 26.8 Å². The van der Waals surface area contributed by atoms with Crippen molar-refractivity contribution >= 4 is 23.2 Å². The molecule has 0 atom stereocenters. The highest BCUT2D eigenvalue weighted by atomic mass is 16.2. The van der Waals surface area contributed by atoms with Crippen molar-refractivity contribution in [3.05, 3.63) is 48.3 Å². The Kier molecular flexibility index (Phi) is 4.41. The van der Waals surface area contributed by atoms with Crippen molar-refractivity contribution in [2.24, 2.45) is 7.05 Å². The number of aromatic nitrogens is 3. The summed E-state index contributed by atoms with van der Waals surface area (Å²) in [6.07, 6.45) is 5.03. The molecule has 1 aliphatic rings. The average molecular weight is 325 g/mol. The van der Waals surface area contributed by atoms with Gasteiger partial charge < -0.3 is 10.2 Å². The predicted molar refractivity (Wildman–Crippen MR) is 90.4 cm³/mol. The summed E-state index contributed by atoms with van der Waals surface area (Å²) >= 11 is 0. The lowest BCUT2D eigenvalue weighted by Gasteiger charge is -2.22. The molecule has 24 heavy (non-hydrogen) atoms. The van der Waals surface area contributed by atoms with E-state index in [1.54, 1.807) is 22.8 Å². The van der Waals surface area contributed by atoms with Crippen molar-refractivity contribution in [2.75, 3.05) is 10.2 Å². The van der Waals surface area contributed by atoms with Crippen LogP contribution in [0, 0.1) is 0 Å². The van der Waals surface area contributed by atoms with E-state index >= 15 is 0 Å². The molecule has 0 saturated carbocycles. The first-order chi connectivity index (χ1) is 11.6. The number of hydrogen-bond acceptors (Lipinski definition) is 4. The number of hydrogen-bond donors (Lipinski definition) is 1. The maximum absolute atomic E-state index is 12.3. The first-order valence-corrected chi connectivity index (χ1v) is 7.79. The fourth-order valence-electron chi connectivity index (χ4n) is 2.75. The molecule has 0 spiro atoms. The number of aryl methyl sites for hydroxylation is 2. The molecule has 0 unspecified atom stereocenters. The van der Waals surface area contributed by atoms with Crippen LogP contribution < -0.4 is 10.2 Å². The molecule has 0 bridgehead atoms. The normalized spacial score (nSPS) is 13.6. The maximum Gasteiger partial charge on any atom is 0.250 e. The van der Waals surface area contributed by atoms with Crippen molar-refractivity contribution in [1.29, 1.82) is 0 Å². The molecule has 1 N–H and O–H groups in total. The zero-order valence-electron chi connectivity index (χ0n) is 13.5. The molecular weight excluding hydrogens is 306 g/mol. The van der Waals surface area contributed by atoms with Gasteiger partial charge in [0.1, 0.15) is 0 Å². The molecule has 1 aliphatic heterocycles. The van der Waals surface area contributed by atoms with Gasteiger partial charge in [-0.2, -0.15) is 0 Å². The highest BCUT2D eigenvalue weighted by molar-refractivity contribution is 6.01. The molecular formula is C17H19N5O2. The highest BCUT2D eigenvalue weighted by Gasteiger charge is 2.19. The Morgan fingerprint density at radius 3 is 3.00 bits per heavy atom. The van der Waals surface area contributed by atoms with Crippen LogP contribution in [0.2, 0.25) is 0 Å². The topological polar surface area (TPSA) is 80.1 Å². The molecule has 2 heterocycles. The minimum Gasteiger partial charge on any atom is -0.326 e. The van der Waals surface area contributed by atoms with Gasteiger partial charge in [0.2, 0.25) is 5.91 Å². The van der Waals surface area contributed by atoms with Crippen LogP contribution in [0.4, 0.5) is 11.4 Å². The van der Waals surface area contributed by atoms with Crippen LogP contribution in [-0.2, 0) is 29.6 Å². The Morgan fingerprint density at radius 1 is 1.46 bits per heavy atom. The number of carbonyl (C=O) groups is 2. The van der Waals surface area contributed by atoms with Crippen LogP contribution >= 0.6 is 0 Å². The molecule has 0 radical (unpaired) electrons. The van der Waals surface area contributed by atoms with Crippen LogP contribution in [0.5, 0.6) is 0 Å². The Hall–Kier alpha value is -2.96. The Morgan fingerprint density at radius 2 is 2.29 bits per heavy atom. The summed E-state index contributed by atoms with van der Waals surface area (Å²) in [5.74, 6) is -0.171. The molecule has 7 nitrogen and oxygen atoms in total. The highest BCUT2D eigenvalue weighted by Crippen LogP contribution is 2.28. The monoisotopic (exact) mass is 325 g/mol. The van der Waals surface area contributed by atoms with Gasteiger partial charge in [-0.15, -0.1) is 5.10 Å². The van der Waals surface area contributed by atoms with Crippen LogP contribution in [0.3, 0.4) is 0 Å². The molecule has 1 aromatic heterocycles. The first kappa shape index (κ1) is 15.9. The van der Waals surface area contributed by atoms with Gasteiger partial charge in [0, 0.05) is 24.8 Å². The number of rotatable bonds is 4. The van der Waals surface area contributed by atoms with Gasteiger partial charge in [-0.3, -0.25) is 14.3 Å². The number of carbonyl (C=O) groups excluding carboxylic acids is 2. The van der Waals surface area contributed by atoms with E-state index in [4.69, 9.17) is 0 Å². The van der Waals surface area contributed by atoms with E-state index in [-0.39, 0.29) is 11.8 Å². The zero-order chi connectivity index (χ0) is 17.1. The maximum atomic E-state index is 12.3. The fourth-order valence-corrected chi connectivity index (χ4v) is 2.75. The minimum atomic E-state index is -0.200. The Balaban J connectivity index is 1.94. The molecule has 1 aromatic carbocycles. The minimum absolute atomic E-state index is 0.0292. The first-order valence-electron chi connectivity index (χ1n) is 7.79. The molecule has 0 saturated heterocycles. The van der Waals surface area contributed by atoms with E-state index in [2.05, 4.69) is 22.2 Å². The predicted octanol–water partition coefficient (Wildman–Crippen LogP) is 1.81. The van der Waals surface area contributed by atoms with E-state index in [1.165, 1.54) is 6.08 Å². The molecule has 3 rings (SSSR count). The molecule has 2 aromatic rings. The summed E-state index contributed by atoms with van der Waals surface area (Å²) in [5.41, 5.74) is 3.42. The Bertz CT molecular complexity index is 796. The van der Waals surface area contributed by atoms with Crippen LogP contribution in [0.1, 0.15) is 24.1 Å². The van der Waals surface area contributed by atoms with Crippen molar-refractivity contribution in [2.45, 2.75) is 25.8 Å². The lowest BCUT2D eigenvalue weighted by Crippen LogP contribution is -2.29. The zero-order valence-corrected chi connectivity index (χ0v) is 13.5. The van der Waals surface area contributed by atoms with E-state index in [9.17, 15) is 9.59 Å². The quantitative estimate of drug-likeness (QED) is 0.869. The second-order valence-electron chi connectivity index (χ2n) is 5.72. The Labute approximate surface area is 140 Å². The smallest absolute Gasteiger partial charge is 0.250 e. The third-order valence-electron chi connectivity index (χ3n) is 4.09. The van der Waals surface area contributed by atoms with Crippen molar-refractivity contribution in [3.63, 3.8) is 0 Å². The molecule has 2 amide bonds. The van der Waals surface area contributed by atoms with Gasteiger partial charge >= 0.3 is 0 Å². The molecule has 124 valence electrons. The van der Waals surface area contributed by atoms with Gasteiger partial charge in [-0.1, -0.05) is 11.8 Å². The van der Waals surface area contributed by atoms with Crippen molar-refractivity contribution in [1.82, 2.24) is 15.0 Å².